The van der Waals surface area contributed by atoms with Gasteiger partial charge in [0.15, 0.2) is 6.61 Å². The molecule has 1 N–H and O–H groups in total. The first-order valence-corrected chi connectivity index (χ1v) is 12.7. The molecule has 0 aliphatic carbocycles. The van der Waals surface area contributed by atoms with Crippen molar-refractivity contribution in [3.63, 3.8) is 0 Å². The van der Waals surface area contributed by atoms with Crippen molar-refractivity contribution in [2.75, 3.05) is 37.0 Å². The molecule has 3 aromatic rings. The second-order valence-corrected chi connectivity index (χ2v) is 10.1. The Labute approximate surface area is 209 Å². The standard InChI is InChI=1S/C25H25ClN2O6S/c1-32-23-15-21(24(33-2)14-20(23)26)27-25(29)16-34-18-9-11-19(12-10-18)35(30,31)28-13-5-7-17-6-3-4-8-22(17)28/h3-4,6,8-12,14-15H,5,7,13,16H2,1-2H3,(H,27,29). The fourth-order valence-electron chi connectivity index (χ4n) is 3.88. The highest BCUT2D eigenvalue weighted by atomic mass is 35.5. The van der Waals surface area contributed by atoms with Crippen LogP contribution in [0.4, 0.5) is 11.4 Å². The Morgan fingerprint density at radius 2 is 1.74 bits per heavy atom. The molecule has 1 amide bonds. The number of carbonyl (C=O) groups excluding carboxylic acids is 1. The third-order valence-corrected chi connectivity index (χ3v) is 7.72. The number of ether oxygens (including phenoxy) is 3. The van der Waals surface area contributed by atoms with Crippen LogP contribution in [0.25, 0.3) is 0 Å². The normalized spacial score (nSPS) is 13.1. The Kier molecular flexibility index (Phi) is 7.37. The molecule has 10 heteroatoms. The fraction of sp³-hybridized carbons (Fsp3) is 0.240. The summed E-state index contributed by atoms with van der Waals surface area (Å²) in [5.74, 6) is 0.683. The SMILES string of the molecule is COc1cc(NC(=O)COc2ccc(S(=O)(=O)N3CCCc4ccccc43)cc2)c(OC)cc1Cl. The lowest BCUT2D eigenvalue weighted by molar-refractivity contribution is -0.118. The highest BCUT2D eigenvalue weighted by Crippen LogP contribution is 2.36. The number of anilines is 2. The number of nitrogens with zero attached hydrogens (tertiary/aromatic N) is 1. The number of fused-ring (bicyclic) bond motifs is 1. The maximum atomic E-state index is 13.3. The zero-order valence-corrected chi connectivity index (χ0v) is 20.9. The fourth-order valence-corrected chi connectivity index (χ4v) is 5.65. The lowest BCUT2D eigenvalue weighted by Crippen LogP contribution is -2.35. The van der Waals surface area contributed by atoms with Gasteiger partial charge in [-0.25, -0.2) is 8.42 Å². The topological polar surface area (TPSA) is 94.2 Å². The van der Waals surface area contributed by atoms with E-state index in [4.69, 9.17) is 25.8 Å². The zero-order chi connectivity index (χ0) is 25.0. The van der Waals surface area contributed by atoms with Crippen molar-refractivity contribution in [3.8, 4) is 17.2 Å². The van der Waals surface area contributed by atoms with Gasteiger partial charge >= 0.3 is 0 Å². The molecular weight excluding hydrogens is 492 g/mol. The molecule has 1 aliphatic heterocycles. The van der Waals surface area contributed by atoms with Gasteiger partial charge in [-0.1, -0.05) is 29.8 Å². The molecule has 4 rings (SSSR count). The molecule has 0 fully saturated rings. The van der Waals surface area contributed by atoms with E-state index in [0.29, 0.717) is 40.2 Å². The van der Waals surface area contributed by atoms with E-state index in [0.717, 1.165) is 18.4 Å². The van der Waals surface area contributed by atoms with Gasteiger partial charge in [0.1, 0.15) is 17.2 Å². The zero-order valence-electron chi connectivity index (χ0n) is 19.3. The van der Waals surface area contributed by atoms with E-state index < -0.39 is 15.9 Å². The summed E-state index contributed by atoms with van der Waals surface area (Å²) in [6, 6.07) is 16.6. The monoisotopic (exact) mass is 516 g/mol. The number of hydrogen-bond acceptors (Lipinski definition) is 6. The Balaban J connectivity index is 1.42. The molecule has 0 spiro atoms. The van der Waals surface area contributed by atoms with Crippen molar-refractivity contribution < 1.29 is 27.4 Å². The van der Waals surface area contributed by atoms with Gasteiger partial charge in [-0.2, -0.15) is 0 Å². The van der Waals surface area contributed by atoms with E-state index in [2.05, 4.69) is 5.32 Å². The summed E-state index contributed by atoms with van der Waals surface area (Å²) in [5, 5.41) is 3.04. The van der Waals surface area contributed by atoms with Gasteiger partial charge in [0.2, 0.25) is 0 Å². The van der Waals surface area contributed by atoms with Crippen LogP contribution in [-0.4, -0.2) is 41.7 Å². The van der Waals surface area contributed by atoms with Gasteiger partial charge in [-0.15, -0.1) is 0 Å². The number of hydrogen-bond donors (Lipinski definition) is 1. The molecular formula is C25H25ClN2O6S. The van der Waals surface area contributed by atoms with E-state index in [-0.39, 0.29) is 11.5 Å². The summed E-state index contributed by atoms with van der Waals surface area (Å²) in [4.78, 5) is 12.6. The smallest absolute Gasteiger partial charge is 0.264 e. The number of halogens is 1. The van der Waals surface area contributed by atoms with E-state index in [9.17, 15) is 13.2 Å². The number of para-hydroxylation sites is 1. The van der Waals surface area contributed by atoms with E-state index in [1.165, 1.54) is 48.9 Å². The van der Waals surface area contributed by atoms with E-state index >= 15 is 0 Å². The number of amides is 1. The molecule has 35 heavy (non-hydrogen) atoms. The van der Waals surface area contributed by atoms with Crippen LogP contribution in [0, 0.1) is 0 Å². The highest BCUT2D eigenvalue weighted by Gasteiger charge is 2.28. The van der Waals surface area contributed by atoms with Crippen molar-refractivity contribution in [3.05, 3.63) is 71.2 Å². The maximum Gasteiger partial charge on any atom is 0.264 e. The third kappa shape index (κ3) is 5.31. The molecule has 8 nitrogen and oxygen atoms in total. The molecule has 184 valence electrons. The number of benzene rings is 3. The van der Waals surface area contributed by atoms with Crippen molar-refractivity contribution >= 4 is 38.9 Å². The molecule has 0 atom stereocenters. The summed E-state index contributed by atoms with van der Waals surface area (Å²) in [7, 11) is -0.791. The number of methoxy groups -OCH3 is 2. The van der Waals surface area contributed by atoms with Gasteiger partial charge in [0.25, 0.3) is 15.9 Å². The molecule has 0 aromatic heterocycles. The predicted molar refractivity (Wildman–Crippen MR) is 134 cm³/mol. The van der Waals surface area contributed by atoms with Crippen LogP contribution in [0.15, 0.2) is 65.6 Å². The molecule has 1 aliphatic rings. The number of carbonyl (C=O) groups is 1. The van der Waals surface area contributed by atoms with Gasteiger partial charge in [0, 0.05) is 18.7 Å². The van der Waals surface area contributed by atoms with Crippen molar-refractivity contribution in [1.29, 1.82) is 0 Å². The van der Waals surface area contributed by atoms with Gasteiger partial charge < -0.3 is 19.5 Å². The number of sulfonamides is 1. The summed E-state index contributed by atoms with van der Waals surface area (Å²) in [5.41, 5.74) is 2.11. The molecule has 0 radical (unpaired) electrons. The van der Waals surface area contributed by atoms with Crippen LogP contribution in [-0.2, 0) is 21.2 Å². The van der Waals surface area contributed by atoms with Crippen LogP contribution in [0.1, 0.15) is 12.0 Å². The van der Waals surface area contributed by atoms with Crippen LogP contribution < -0.4 is 23.8 Å². The lowest BCUT2D eigenvalue weighted by atomic mass is 10.0. The van der Waals surface area contributed by atoms with Gasteiger partial charge in [-0.3, -0.25) is 9.10 Å². The van der Waals surface area contributed by atoms with E-state index in [1.807, 2.05) is 24.3 Å². The van der Waals surface area contributed by atoms with Crippen LogP contribution in [0.5, 0.6) is 17.2 Å². The number of nitrogens with one attached hydrogen (secondary N) is 1. The van der Waals surface area contributed by atoms with Crippen molar-refractivity contribution in [1.82, 2.24) is 0 Å². The first-order valence-electron chi connectivity index (χ1n) is 10.9. The second-order valence-electron chi connectivity index (χ2n) is 7.80. The Morgan fingerprint density at radius 1 is 1.03 bits per heavy atom. The van der Waals surface area contributed by atoms with Crippen molar-refractivity contribution in [2.45, 2.75) is 17.7 Å². The van der Waals surface area contributed by atoms with E-state index in [1.54, 1.807) is 6.07 Å². The molecule has 0 saturated heterocycles. The van der Waals surface area contributed by atoms with Crippen LogP contribution in [0.2, 0.25) is 5.02 Å². The summed E-state index contributed by atoms with van der Waals surface area (Å²) in [6.07, 6.45) is 1.61. The third-order valence-electron chi connectivity index (χ3n) is 5.60. The average Bonchev–Trinajstić information content (AvgIpc) is 2.88. The Bertz CT molecular complexity index is 1330. The molecule has 0 bridgehead atoms. The summed E-state index contributed by atoms with van der Waals surface area (Å²) < 4.78 is 43.9. The maximum absolute atomic E-state index is 13.3. The number of rotatable bonds is 8. The molecule has 0 saturated carbocycles. The van der Waals surface area contributed by atoms with Crippen LogP contribution >= 0.6 is 11.6 Å². The van der Waals surface area contributed by atoms with Gasteiger partial charge in [-0.05, 0) is 48.7 Å². The molecule has 3 aromatic carbocycles. The largest absolute Gasteiger partial charge is 0.495 e. The molecule has 0 unspecified atom stereocenters. The first kappa shape index (κ1) is 24.7. The summed E-state index contributed by atoms with van der Waals surface area (Å²) in [6.45, 7) is 0.135. The first-order chi connectivity index (χ1) is 16.8. The lowest BCUT2D eigenvalue weighted by Gasteiger charge is -2.30. The molecule has 1 heterocycles. The summed E-state index contributed by atoms with van der Waals surface area (Å²) >= 11 is 6.09. The second kappa shape index (κ2) is 10.5. The van der Waals surface area contributed by atoms with Crippen LogP contribution in [0.3, 0.4) is 0 Å². The average molecular weight is 517 g/mol. The quantitative estimate of drug-likeness (QED) is 0.473. The number of aryl methyl sites for hydroxylation is 1. The predicted octanol–water partition coefficient (Wildman–Crippen LogP) is 4.52. The van der Waals surface area contributed by atoms with Gasteiger partial charge in [0.05, 0.1) is 35.5 Å². The minimum Gasteiger partial charge on any atom is -0.495 e. The highest BCUT2D eigenvalue weighted by molar-refractivity contribution is 7.92. The van der Waals surface area contributed by atoms with Crippen molar-refractivity contribution in [2.24, 2.45) is 0 Å². The Hall–Kier alpha value is -3.43. The Morgan fingerprint density at radius 3 is 2.46 bits per heavy atom. The minimum absolute atomic E-state index is 0.156. The minimum atomic E-state index is -3.72.